The molecule has 0 saturated heterocycles. The van der Waals surface area contributed by atoms with Crippen molar-refractivity contribution in [1.82, 2.24) is 4.57 Å². The van der Waals surface area contributed by atoms with Crippen LogP contribution in [0.15, 0.2) is 283 Å². The molecule has 2 heterocycles. The first-order valence-corrected chi connectivity index (χ1v) is 26.0. The predicted molar refractivity (Wildman–Crippen MR) is 297 cm³/mol. The summed E-state index contributed by atoms with van der Waals surface area (Å²) in [5.41, 5.74) is 13.1. The maximum absolute atomic E-state index is 6.46. The summed E-state index contributed by atoms with van der Waals surface area (Å²) in [6, 6.07) is 102. The SMILES string of the molecule is c1ccc(-n2c3ccccc3c3ccc(-c4ccc(N(c5ccc(-c6ccc([Si](c7ccccc7)(c7ccccc7)c7ccccc7)cc6)cc5)c5ccc6c(c5)oc5ccccc56)cc4)cc32)cc1. The van der Waals surface area contributed by atoms with E-state index in [9.17, 15) is 0 Å². The lowest BCUT2D eigenvalue weighted by Gasteiger charge is -2.34. The Balaban J connectivity index is 0.883. The van der Waals surface area contributed by atoms with Gasteiger partial charge in [-0.05, 0) is 110 Å². The van der Waals surface area contributed by atoms with Gasteiger partial charge in [0, 0.05) is 50.4 Å². The normalized spacial score (nSPS) is 11.7. The number of anilines is 3. The maximum Gasteiger partial charge on any atom is 0.179 e. The highest BCUT2D eigenvalue weighted by molar-refractivity contribution is 7.19. The van der Waals surface area contributed by atoms with Crippen molar-refractivity contribution >= 4 is 89.6 Å². The van der Waals surface area contributed by atoms with Crippen LogP contribution in [-0.2, 0) is 0 Å². The van der Waals surface area contributed by atoms with E-state index in [-0.39, 0.29) is 0 Å². The number of fused-ring (bicyclic) bond motifs is 6. The number of para-hydroxylation sites is 3. The molecule has 13 aromatic rings. The van der Waals surface area contributed by atoms with E-state index in [0.717, 1.165) is 55.8 Å². The molecule has 3 nitrogen and oxygen atoms in total. The second-order valence-corrected chi connectivity index (χ2v) is 21.9. The fourth-order valence-electron chi connectivity index (χ4n) is 10.9. The van der Waals surface area contributed by atoms with Crippen molar-refractivity contribution < 1.29 is 4.42 Å². The summed E-state index contributed by atoms with van der Waals surface area (Å²) >= 11 is 0. The van der Waals surface area contributed by atoms with Crippen LogP contribution in [0.3, 0.4) is 0 Å². The van der Waals surface area contributed by atoms with Crippen LogP contribution >= 0.6 is 0 Å². The molecule has 0 aliphatic heterocycles. The molecule has 0 aliphatic rings. The minimum atomic E-state index is -2.63. The monoisotopic (exact) mass is 910 g/mol. The molecule has 4 heteroatoms. The third-order valence-corrected chi connectivity index (χ3v) is 19.0. The van der Waals surface area contributed by atoms with Crippen LogP contribution in [0.5, 0.6) is 0 Å². The van der Waals surface area contributed by atoms with Crippen molar-refractivity contribution in [3.63, 3.8) is 0 Å². The quantitative estimate of drug-likeness (QED) is 0.101. The summed E-state index contributed by atoms with van der Waals surface area (Å²) in [6.07, 6.45) is 0. The number of furan rings is 1. The lowest BCUT2D eigenvalue weighted by atomic mass is 10.0. The molecule has 0 amide bonds. The van der Waals surface area contributed by atoms with Crippen molar-refractivity contribution in [2.45, 2.75) is 0 Å². The van der Waals surface area contributed by atoms with Crippen molar-refractivity contribution in [3.05, 3.63) is 279 Å². The second kappa shape index (κ2) is 17.3. The average molecular weight is 911 g/mol. The smallest absolute Gasteiger partial charge is 0.179 e. The fourth-order valence-corrected chi connectivity index (χ4v) is 15.6. The van der Waals surface area contributed by atoms with E-state index in [1.165, 1.54) is 53.7 Å². The highest BCUT2D eigenvalue weighted by Crippen LogP contribution is 2.41. The van der Waals surface area contributed by atoms with Gasteiger partial charge < -0.3 is 13.9 Å². The van der Waals surface area contributed by atoms with E-state index in [2.05, 4.69) is 276 Å². The van der Waals surface area contributed by atoms with Crippen LogP contribution in [-0.4, -0.2) is 12.6 Å². The number of rotatable bonds is 10. The Morgan fingerprint density at radius 1 is 0.286 bits per heavy atom. The molecule has 11 aromatic carbocycles. The van der Waals surface area contributed by atoms with Crippen molar-refractivity contribution in [2.24, 2.45) is 0 Å². The zero-order valence-electron chi connectivity index (χ0n) is 38.4. The molecule has 70 heavy (non-hydrogen) atoms. The van der Waals surface area contributed by atoms with E-state index in [4.69, 9.17) is 4.42 Å². The van der Waals surface area contributed by atoms with Gasteiger partial charge in [-0.15, -0.1) is 0 Å². The number of nitrogens with zero attached hydrogens (tertiary/aromatic N) is 2. The number of hydrogen-bond donors (Lipinski definition) is 0. The summed E-state index contributed by atoms with van der Waals surface area (Å²) in [5, 5.41) is 10.2. The lowest BCUT2D eigenvalue weighted by molar-refractivity contribution is 0.669. The summed E-state index contributed by atoms with van der Waals surface area (Å²) < 4.78 is 8.84. The zero-order valence-corrected chi connectivity index (χ0v) is 39.4. The van der Waals surface area contributed by atoms with Gasteiger partial charge >= 0.3 is 0 Å². The summed E-state index contributed by atoms with van der Waals surface area (Å²) in [4.78, 5) is 2.33. The molecule has 0 fully saturated rings. The van der Waals surface area contributed by atoms with Crippen molar-refractivity contribution in [3.8, 4) is 27.9 Å². The third kappa shape index (κ3) is 6.96. The highest BCUT2D eigenvalue weighted by atomic mass is 28.3. The molecule has 0 saturated carbocycles. The highest BCUT2D eigenvalue weighted by Gasteiger charge is 2.41. The molecular weight excluding hydrogens is 865 g/mol. The van der Waals surface area contributed by atoms with Crippen LogP contribution in [0.4, 0.5) is 17.1 Å². The van der Waals surface area contributed by atoms with Gasteiger partial charge in [-0.1, -0.05) is 206 Å². The van der Waals surface area contributed by atoms with Crippen LogP contribution in [0, 0.1) is 0 Å². The molecule has 0 radical (unpaired) electrons. The third-order valence-electron chi connectivity index (χ3n) is 14.2. The Kier molecular flexibility index (Phi) is 10.2. The van der Waals surface area contributed by atoms with Gasteiger partial charge in [-0.2, -0.15) is 0 Å². The molecule has 0 bridgehead atoms. The topological polar surface area (TPSA) is 21.3 Å². The van der Waals surface area contributed by atoms with Crippen molar-refractivity contribution in [1.29, 1.82) is 0 Å². The Labute approximate surface area is 408 Å². The van der Waals surface area contributed by atoms with Crippen molar-refractivity contribution in [2.75, 3.05) is 4.90 Å². The first kappa shape index (κ1) is 41.2. The first-order chi connectivity index (χ1) is 34.7. The Morgan fingerprint density at radius 3 is 1.30 bits per heavy atom. The molecule has 0 N–H and O–H groups in total. The second-order valence-electron chi connectivity index (χ2n) is 18.1. The maximum atomic E-state index is 6.46. The average Bonchev–Trinajstić information content (AvgIpc) is 3.98. The van der Waals surface area contributed by atoms with E-state index < -0.39 is 8.07 Å². The first-order valence-electron chi connectivity index (χ1n) is 24.0. The molecule has 330 valence electrons. The summed E-state index contributed by atoms with van der Waals surface area (Å²) in [7, 11) is -2.63. The molecule has 2 aromatic heterocycles. The van der Waals surface area contributed by atoms with Crippen LogP contribution in [0.1, 0.15) is 0 Å². The van der Waals surface area contributed by atoms with Gasteiger partial charge in [0.1, 0.15) is 11.2 Å². The molecule has 0 spiro atoms. The Morgan fingerprint density at radius 2 is 0.700 bits per heavy atom. The van der Waals surface area contributed by atoms with Gasteiger partial charge in [-0.25, -0.2) is 0 Å². The van der Waals surface area contributed by atoms with Gasteiger partial charge in [0.15, 0.2) is 8.07 Å². The number of aromatic nitrogens is 1. The minimum Gasteiger partial charge on any atom is -0.456 e. The van der Waals surface area contributed by atoms with E-state index in [1.807, 2.05) is 12.1 Å². The van der Waals surface area contributed by atoms with Crippen LogP contribution in [0.25, 0.3) is 71.7 Å². The fraction of sp³-hybridized carbons (Fsp3) is 0. The largest absolute Gasteiger partial charge is 0.456 e. The zero-order chi connectivity index (χ0) is 46.4. The molecular formula is C66H46N2OSi. The molecule has 13 rings (SSSR count). The Hall–Kier alpha value is -8.96. The van der Waals surface area contributed by atoms with E-state index >= 15 is 0 Å². The molecule has 0 aliphatic carbocycles. The molecule has 0 atom stereocenters. The summed E-state index contributed by atoms with van der Waals surface area (Å²) in [6.45, 7) is 0. The van der Waals surface area contributed by atoms with Crippen LogP contribution < -0.4 is 25.6 Å². The van der Waals surface area contributed by atoms with Crippen LogP contribution in [0.2, 0.25) is 0 Å². The lowest BCUT2D eigenvalue weighted by Crippen LogP contribution is -2.74. The van der Waals surface area contributed by atoms with E-state index in [0.29, 0.717) is 0 Å². The van der Waals surface area contributed by atoms with Gasteiger partial charge in [0.2, 0.25) is 0 Å². The van der Waals surface area contributed by atoms with Gasteiger partial charge in [-0.3, -0.25) is 0 Å². The minimum absolute atomic E-state index is 0.861. The summed E-state index contributed by atoms with van der Waals surface area (Å²) in [5.74, 6) is 0. The predicted octanol–water partition coefficient (Wildman–Crippen LogP) is 14.9. The van der Waals surface area contributed by atoms with Gasteiger partial charge in [0.05, 0.1) is 11.0 Å². The number of benzene rings is 11. The Bertz CT molecular complexity index is 3860. The standard InChI is InChI=1S/C66H46N2OSi/c1-5-17-51(18-6-1)68-63-27-15-13-25-59(63)60-43-35-50(45-64(60)68)49-31-38-53(39-32-49)67(54-40-44-62-61-26-14-16-28-65(61)69-66(62)46-54)52-36-29-47(30-37-52)48-33-41-58(42-34-48)70(55-19-7-2-8-20-55,56-21-9-3-10-22-56)57-23-11-4-12-24-57/h1-46H. The number of hydrogen-bond acceptors (Lipinski definition) is 2. The van der Waals surface area contributed by atoms with E-state index in [1.54, 1.807) is 0 Å². The molecule has 0 unspecified atom stereocenters. The van der Waals surface area contributed by atoms with Gasteiger partial charge in [0.25, 0.3) is 0 Å².